The van der Waals surface area contributed by atoms with Crippen LogP contribution in [0.5, 0.6) is 0 Å². The number of amides is 1. The van der Waals surface area contributed by atoms with Crippen LogP contribution in [0.3, 0.4) is 0 Å². The largest absolute Gasteiger partial charge is 0.369 e. The lowest BCUT2D eigenvalue weighted by atomic mass is 9.93. The van der Waals surface area contributed by atoms with E-state index in [0.29, 0.717) is 6.42 Å². The van der Waals surface area contributed by atoms with Crippen molar-refractivity contribution in [1.29, 1.82) is 0 Å². The molecular formula is C16H22N2O. The summed E-state index contributed by atoms with van der Waals surface area (Å²) in [6.07, 6.45) is 14.4. The summed E-state index contributed by atoms with van der Waals surface area (Å²) in [5.74, 6) is -0.609. The smallest absolute Gasteiger partial charge is 0.225 e. The van der Waals surface area contributed by atoms with Gasteiger partial charge in [-0.2, -0.15) is 0 Å². The molecule has 0 aliphatic rings. The van der Waals surface area contributed by atoms with Crippen molar-refractivity contribution in [2.75, 3.05) is 0 Å². The molecule has 1 unspecified atom stereocenters. The summed E-state index contributed by atoms with van der Waals surface area (Å²) in [5, 5.41) is 0. The molecule has 2 N–H and O–H groups in total. The van der Waals surface area contributed by atoms with Crippen molar-refractivity contribution in [3.63, 3.8) is 0 Å². The van der Waals surface area contributed by atoms with E-state index in [1.165, 1.54) is 0 Å². The second-order valence-electron chi connectivity index (χ2n) is 4.57. The predicted octanol–water partition coefficient (Wildman–Crippen LogP) is 3.26. The minimum atomic E-state index is -0.307. The van der Waals surface area contributed by atoms with Gasteiger partial charge >= 0.3 is 0 Å². The standard InChI is InChI=1S/C16H22N2O/c1-3-4-5-6-7-8-9-14(16(17)19)15-12-18-11-10-13(15)2/h5-8,10-12,14H,3-4,9H2,1-2H3,(H2,17,19). The number of aryl methyl sites for hydroxylation is 1. The van der Waals surface area contributed by atoms with Gasteiger partial charge in [-0.25, -0.2) is 0 Å². The van der Waals surface area contributed by atoms with Gasteiger partial charge in [0.1, 0.15) is 0 Å². The fourth-order valence-electron chi connectivity index (χ4n) is 1.87. The molecule has 1 amide bonds. The quantitative estimate of drug-likeness (QED) is 0.763. The molecule has 0 bridgehead atoms. The molecular weight excluding hydrogens is 236 g/mol. The van der Waals surface area contributed by atoms with Crippen molar-refractivity contribution in [2.24, 2.45) is 5.73 Å². The van der Waals surface area contributed by atoms with Crippen molar-refractivity contribution in [3.05, 3.63) is 53.9 Å². The van der Waals surface area contributed by atoms with Crippen LogP contribution in [0, 0.1) is 6.92 Å². The minimum Gasteiger partial charge on any atom is -0.369 e. The Morgan fingerprint density at radius 3 is 2.79 bits per heavy atom. The number of pyridine rings is 1. The summed E-state index contributed by atoms with van der Waals surface area (Å²) in [4.78, 5) is 15.6. The molecule has 0 aromatic carbocycles. The van der Waals surface area contributed by atoms with Gasteiger partial charge in [-0.3, -0.25) is 9.78 Å². The van der Waals surface area contributed by atoms with Crippen molar-refractivity contribution in [2.45, 2.75) is 39.0 Å². The molecule has 0 saturated heterocycles. The molecule has 102 valence electrons. The number of carbonyl (C=O) groups excluding carboxylic acids is 1. The Balaban J connectivity index is 2.70. The lowest BCUT2D eigenvalue weighted by molar-refractivity contribution is -0.119. The highest BCUT2D eigenvalue weighted by molar-refractivity contribution is 5.82. The van der Waals surface area contributed by atoms with Gasteiger partial charge in [0.25, 0.3) is 0 Å². The highest BCUT2D eigenvalue weighted by Crippen LogP contribution is 2.22. The summed E-state index contributed by atoms with van der Waals surface area (Å²) < 4.78 is 0. The molecule has 0 spiro atoms. The molecule has 1 rings (SSSR count). The van der Waals surface area contributed by atoms with E-state index in [2.05, 4.69) is 18.0 Å². The van der Waals surface area contributed by atoms with Gasteiger partial charge < -0.3 is 5.73 Å². The average Bonchev–Trinajstić information content (AvgIpc) is 2.39. The van der Waals surface area contributed by atoms with Gasteiger partial charge in [0, 0.05) is 12.4 Å². The van der Waals surface area contributed by atoms with Crippen LogP contribution >= 0.6 is 0 Å². The molecule has 1 atom stereocenters. The first-order chi connectivity index (χ1) is 9.16. The maximum atomic E-state index is 11.6. The van der Waals surface area contributed by atoms with E-state index in [-0.39, 0.29) is 11.8 Å². The van der Waals surface area contributed by atoms with Gasteiger partial charge in [-0.15, -0.1) is 0 Å². The SMILES string of the molecule is CCCC=CC=CCC(C(N)=O)c1cnccc1C. The number of nitrogens with zero attached hydrogens (tertiary/aromatic N) is 1. The Morgan fingerprint density at radius 1 is 1.42 bits per heavy atom. The predicted molar refractivity (Wildman–Crippen MR) is 78.7 cm³/mol. The third kappa shape index (κ3) is 5.08. The maximum absolute atomic E-state index is 11.6. The highest BCUT2D eigenvalue weighted by atomic mass is 16.1. The second kappa shape index (κ2) is 8.25. The Bertz CT molecular complexity index is 464. The molecule has 0 radical (unpaired) electrons. The lowest BCUT2D eigenvalue weighted by Crippen LogP contribution is -2.21. The van der Waals surface area contributed by atoms with Crippen LogP contribution in [0.2, 0.25) is 0 Å². The van der Waals surface area contributed by atoms with Crippen LogP contribution in [-0.4, -0.2) is 10.9 Å². The summed E-state index contributed by atoms with van der Waals surface area (Å²) in [7, 11) is 0. The number of hydrogen-bond acceptors (Lipinski definition) is 2. The van der Waals surface area contributed by atoms with Crippen molar-refractivity contribution < 1.29 is 4.79 Å². The van der Waals surface area contributed by atoms with Crippen LogP contribution in [0.1, 0.15) is 43.2 Å². The first-order valence-corrected chi connectivity index (χ1v) is 6.68. The number of aromatic nitrogens is 1. The van der Waals surface area contributed by atoms with E-state index in [9.17, 15) is 4.79 Å². The van der Waals surface area contributed by atoms with Gasteiger partial charge in [0.05, 0.1) is 5.92 Å². The number of unbranched alkanes of at least 4 members (excludes halogenated alkanes) is 1. The third-order valence-corrected chi connectivity index (χ3v) is 3.01. The zero-order valence-corrected chi connectivity index (χ0v) is 11.7. The molecule has 1 heterocycles. The minimum absolute atomic E-state index is 0.301. The van der Waals surface area contributed by atoms with Crippen LogP contribution in [0.15, 0.2) is 42.8 Å². The van der Waals surface area contributed by atoms with Crippen LogP contribution in [0.4, 0.5) is 0 Å². The van der Waals surface area contributed by atoms with Gasteiger partial charge in [-0.1, -0.05) is 37.6 Å². The molecule has 0 saturated carbocycles. The molecule has 0 aliphatic heterocycles. The zero-order chi connectivity index (χ0) is 14.1. The fraction of sp³-hybridized carbons (Fsp3) is 0.375. The monoisotopic (exact) mass is 258 g/mol. The summed E-state index contributed by atoms with van der Waals surface area (Å²) >= 11 is 0. The van der Waals surface area contributed by atoms with E-state index >= 15 is 0 Å². The van der Waals surface area contributed by atoms with Crippen LogP contribution in [0.25, 0.3) is 0 Å². The van der Waals surface area contributed by atoms with Crippen LogP contribution in [-0.2, 0) is 4.79 Å². The fourth-order valence-corrected chi connectivity index (χ4v) is 1.87. The first-order valence-electron chi connectivity index (χ1n) is 6.68. The van der Waals surface area contributed by atoms with Crippen molar-refractivity contribution in [3.8, 4) is 0 Å². The van der Waals surface area contributed by atoms with Gasteiger partial charge in [0.2, 0.25) is 5.91 Å². The lowest BCUT2D eigenvalue weighted by Gasteiger charge is -2.13. The number of primary amides is 1. The van der Waals surface area contributed by atoms with E-state index in [1.807, 2.05) is 31.2 Å². The van der Waals surface area contributed by atoms with Crippen LogP contribution < -0.4 is 5.73 Å². The van der Waals surface area contributed by atoms with Gasteiger partial charge in [-0.05, 0) is 37.0 Å². The molecule has 3 nitrogen and oxygen atoms in total. The molecule has 19 heavy (non-hydrogen) atoms. The highest BCUT2D eigenvalue weighted by Gasteiger charge is 2.18. The average molecular weight is 258 g/mol. The number of carbonyl (C=O) groups is 1. The van der Waals surface area contributed by atoms with E-state index < -0.39 is 0 Å². The number of nitrogens with two attached hydrogens (primary N) is 1. The first kappa shape index (κ1) is 15.2. The Morgan fingerprint density at radius 2 is 2.16 bits per heavy atom. The maximum Gasteiger partial charge on any atom is 0.225 e. The third-order valence-electron chi connectivity index (χ3n) is 3.01. The number of hydrogen-bond donors (Lipinski definition) is 1. The van der Waals surface area contributed by atoms with E-state index in [4.69, 9.17) is 5.73 Å². The molecule has 0 aliphatic carbocycles. The summed E-state index contributed by atoms with van der Waals surface area (Å²) in [5.41, 5.74) is 7.45. The van der Waals surface area contributed by atoms with E-state index in [1.54, 1.807) is 12.4 Å². The molecule has 1 aromatic rings. The number of allylic oxidation sites excluding steroid dienone is 4. The number of rotatable bonds is 7. The Hall–Kier alpha value is -1.90. The summed E-state index contributed by atoms with van der Waals surface area (Å²) in [6, 6.07) is 1.90. The van der Waals surface area contributed by atoms with Crippen molar-refractivity contribution >= 4 is 5.91 Å². The topological polar surface area (TPSA) is 56.0 Å². The van der Waals surface area contributed by atoms with Gasteiger partial charge in [0.15, 0.2) is 0 Å². The second-order valence-corrected chi connectivity index (χ2v) is 4.57. The molecule has 0 fully saturated rings. The Labute approximate surface area is 115 Å². The van der Waals surface area contributed by atoms with Crippen molar-refractivity contribution in [1.82, 2.24) is 4.98 Å². The van der Waals surface area contributed by atoms with E-state index in [0.717, 1.165) is 24.0 Å². The normalized spacial score (nSPS) is 13.2. The zero-order valence-electron chi connectivity index (χ0n) is 11.7. The molecule has 3 heteroatoms. The Kier molecular flexibility index (Phi) is 6.58. The molecule has 1 aromatic heterocycles. The summed E-state index contributed by atoms with van der Waals surface area (Å²) in [6.45, 7) is 4.11.